The minimum absolute atomic E-state index is 0.0465. The summed E-state index contributed by atoms with van der Waals surface area (Å²) in [7, 11) is 1.61. The second kappa shape index (κ2) is 8.05. The van der Waals surface area contributed by atoms with E-state index < -0.39 is 5.91 Å². The van der Waals surface area contributed by atoms with Crippen molar-refractivity contribution < 1.29 is 18.7 Å². The first kappa shape index (κ1) is 18.5. The molecule has 0 saturated carbocycles. The van der Waals surface area contributed by atoms with Gasteiger partial charge < -0.3 is 19.4 Å². The molecule has 0 spiro atoms. The largest absolute Gasteiger partial charge is 0.497 e. The number of urea groups is 1. The Morgan fingerprint density at radius 1 is 1.14 bits per heavy atom. The van der Waals surface area contributed by atoms with E-state index in [2.05, 4.69) is 10.3 Å². The highest BCUT2D eigenvalue weighted by Crippen LogP contribution is 2.23. The average Bonchev–Trinajstić information content (AvgIpc) is 3.37. The third-order valence-corrected chi connectivity index (χ3v) is 4.61. The molecule has 29 heavy (non-hydrogen) atoms. The molecule has 0 aliphatic carbocycles. The van der Waals surface area contributed by atoms with Crippen LogP contribution in [0.5, 0.6) is 5.75 Å². The Bertz CT molecular complexity index is 1000. The summed E-state index contributed by atoms with van der Waals surface area (Å²) in [4.78, 5) is 32.3. The van der Waals surface area contributed by atoms with E-state index in [9.17, 15) is 9.59 Å². The van der Waals surface area contributed by atoms with E-state index in [1.54, 1.807) is 24.1 Å². The van der Waals surface area contributed by atoms with Gasteiger partial charge in [-0.05, 0) is 29.8 Å². The Labute approximate surface area is 167 Å². The summed E-state index contributed by atoms with van der Waals surface area (Å²) in [5, 5.41) is 2.73. The van der Waals surface area contributed by atoms with Gasteiger partial charge in [0, 0.05) is 25.3 Å². The molecule has 0 unspecified atom stereocenters. The number of aromatic nitrogens is 1. The van der Waals surface area contributed by atoms with Crippen LogP contribution < -0.4 is 15.0 Å². The predicted octanol–water partition coefficient (Wildman–Crippen LogP) is 3.38. The number of hydrogen-bond acceptors (Lipinski definition) is 5. The fourth-order valence-corrected chi connectivity index (χ4v) is 3.07. The summed E-state index contributed by atoms with van der Waals surface area (Å²) in [5.41, 5.74) is 1.65. The molecule has 1 N–H and O–H groups in total. The quantitative estimate of drug-likeness (QED) is 0.695. The average molecular weight is 392 g/mol. The molecule has 0 radical (unpaired) electrons. The molecule has 4 rings (SSSR count). The van der Waals surface area contributed by atoms with Gasteiger partial charge in [-0.1, -0.05) is 30.3 Å². The number of oxazole rings is 1. The number of hydrogen-bond donors (Lipinski definition) is 1. The van der Waals surface area contributed by atoms with Crippen molar-refractivity contribution in [1.82, 2.24) is 9.88 Å². The highest BCUT2D eigenvalue weighted by atomic mass is 16.5. The third-order valence-electron chi connectivity index (χ3n) is 4.61. The number of carbonyl (C=O) groups is 2. The van der Waals surface area contributed by atoms with Gasteiger partial charge in [-0.25, -0.2) is 14.7 Å². The fraction of sp³-hybridized carbons (Fsp3) is 0.190. The van der Waals surface area contributed by atoms with Crippen molar-refractivity contribution in [2.45, 2.75) is 6.54 Å². The van der Waals surface area contributed by atoms with Crippen molar-refractivity contribution in [2.75, 3.05) is 30.4 Å². The fourth-order valence-electron chi connectivity index (χ4n) is 3.07. The van der Waals surface area contributed by atoms with Gasteiger partial charge in [0.25, 0.3) is 5.91 Å². The van der Waals surface area contributed by atoms with Crippen LogP contribution in [0.2, 0.25) is 0 Å². The van der Waals surface area contributed by atoms with Crippen molar-refractivity contribution in [3.63, 3.8) is 0 Å². The van der Waals surface area contributed by atoms with Crippen molar-refractivity contribution in [1.29, 1.82) is 0 Å². The van der Waals surface area contributed by atoms with Gasteiger partial charge in [0.15, 0.2) is 0 Å². The van der Waals surface area contributed by atoms with E-state index in [0.29, 0.717) is 25.3 Å². The van der Waals surface area contributed by atoms with Crippen LogP contribution in [0.3, 0.4) is 0 Å². The Balaban J connectivity index is 1.40. The van der Waals surface area contributed by atoms with Crippen LogP contribution in [0.25, 0.3) is 0 Å². The first-order valence-corrected chi connectivity index (χ1v) is 9.15. The Morgan fingerprint density at radius 2 is 1.90 bits per heavy atom. The van der Waals surface area contributed by atoms with E-state index in [1.165, 1.54) is 11.1 Å². The molecule has 2 aromatic carbocycles. The predicted molar refractivity (Wildman–Crippen MR) is 107 cm³/mol. The van der Waals surface area contributed by atoms with Crippen LogP contribution in [0.4, 0.5) is 16.5 Å². The number of amides is 3. The third kappa shape index (κ3) is 4.06. The van der Waals surface area contributed by atoms with Gasteiger partial charge in [-0.2, -0.15) is 0 Å². The second-order valence-corrected chi connectivity index (χ2v) is 6.53. The number of benzene rings is 2. The molecule has 1 fully saturated rings. The Morgan fingerprint density at radius 3 is 2.62 bits per heavy atom. The van der Waals surface area contributed by atoms with Crippen molar-refractivity contribution >= 4 is 23.6 Å². The smallest absolute Gasteiger partial charge is 0.328 e. The van der Waals surface area contributed by atoms with Crippen LogP contribution in [-0.4, -0.2) is 42.0 Å². The molecular weight excluding hydrogens is 372 g/mol. The van der Waals surface area contributed by atoms with Crippen LogP contribution in [0.15, 0.2) is 65.2 Å². The molecule has 1 aliphatic rings. The zero-order valence-electron chi connectivity index (χ0n) is 15.9. The number of methoxy groups -OCH3 is 1. The van der Waals surface area contributed by atoms with Crippen LogP contribution in [0.1, 0.15) is 16.1 Å². The number of anilines is 2. The van der Waals surface area contributed by atoms with E-state index in [0.717, 1.165) is 11.3 Å². The summed E-state index contributed by atoms with van der Waals surface area (Å²) in [6, 6.07) is 16.5. The number of ether oxygens (including phenoxy) is 1. The zero-order chi connectivity index (χ0) is 20.2. The summed E-state index contributed by atoms with van der Waals surface area (Å²) in [6.07, 6.45) is 1.33. The summed E-state index contributed by atoms with van der Waals surface area (Å²) < 4.78 is 10.7. The molecule has 8 heteroatoms. The minimum atomic E-state index is -0.420. The van der Waals surface area contributed by atoms with Gasteiger partial charge in [-0.3, -0.25) is 4.79 Å². The number of para-hydroxylation sites is 1. The first-order valence-electron chi connectivity index (χ1n) is 9.15. The highest BCUT2D eigenvalue weighted by molar-refractivity contribution is 6.02. The molecule has 3 aromatic rings. The second-order valence-electron chi connectivity index (χ2n) is 6.53. The lowest BCUT2D eigenvalue weighted by Gasteiger charge is -2.16. The summed E-state index contributed by atoms with van der Waals surface area (Å²) in [5.74, 6) is 0.395. The van der Waals surface area contributed by atoms with Gasteiger partial charge in [0.05, 0.1) is 13.3 Å². The molecule has 1 saturated heterocycles. The van der Waals surface area contributed by atoms with E-state index in [4.69, 9.17) is 9.15 Å². The van der Waals surface area contributed by atoms with Gasteiger partial charge >= 0.3 is 12.0 Å². The number of carbonyl (C=O) groups excluding carboxylic acids is 2. The molecule has 0 bridgehead atoms. The summed E-state index contributed by atoms with van der Waals surface area (Å²) >= 11 is 0. The maximum atomic E-state index is 12.7. The standard InChI is InChI=1S/C21H20N4O4/c1-28-17-9-7-15(8-10-17)14-24-11-12-25(21(24)27)20-22-13-18(29-20)19(26)23-16-5-3-2-4-6-16/h2-10,13H,11-12,14H2,1H3,(H,23,26). The molecule has 1 aromatic heterocycles. The Hall–Kier alpha value is -3.81. The number of nitrogens with zero attached hydrogens (tertiary/aromatic N) is 3. The molecule has 8 nitrogen and oxygen atoms in total. The van der Waals surface area contributed by atoms with Crippen LogP contribution in [-0.2, 0) is 6.54 Å². The van der Waals surface area contributed by atoms with Crippen molar-refractivity contribution in [2.24, 2.45) is 0 Å². The van der Waals surface area contributed by atoms with Gasteiger partial charge in [-0.15, -0.1) is 0 Å². The summed E-state index contributed by atoms with van der Waals surface area (Å²) in [6.45, 7) is 1.45. The van der Waals surface area contributed by atoms with Gasteiger partial charge in [0.1, 0.15) is 5.75 Å². The highest BCUT2D eigenvalue weighted by Gasteiger charge is 2.33. The molecular formula is C21H20N4O4. The van der Waals surface area contributed by atoms with Crippen molar-refractivity contribution in [3.8, 4) is 5.75 Å². The maximum Gasteiger partial charge on any atom is 0.328 e. The van der Waals surface area contributed by atoms with Gasteiger partial charge in [0.2, 0.25) is 5.76 Å². The molecule has 1 aliphatic heterocycles. The maximum absolute atomic E-state index is 12.7. The SMILES string of the molecule is COc1ccc(CN2CCN(c3ncc(C(=O)Nc4ccccc4)o3)C2=O)cc1. The molecule has 3 amide bonds. The normalized spacial score (nSPS) is 13.6. The van der Waals surface area contributed by atoms with E-state index in [1.807, 2.05) is 42.5 Å². The minimum Gasteiger partial charge on any atom is -0.497 e. The topological polar surface area (TPSA) is 87.9 Å². The molecule has 2 heterocycles. The van der Waals surface area contributed by atoms with Crippen molar-refractivity contribution in [3.05, 3.63) is 72.1 Å². The first-order chi connectivity index (χ1) is 14.1. The lowest BCUT2D eigenvalue weighted by Crippen LogP contribution is -2.31. The number of rotatable bonds is 6. The zero-order valence-corrected chi connectivity index (χ0v) is 15.9. The van der Waals surface area contributed by atoms with E-state index in [-0.39, 0.29) is 17.8 Å². The monoisotopic (exact) mass is 392 g/mol. The van der Waals surface area contributed by atoms with Crippen LogP contribution >= 0.6 is 0 Å². The number of nitrogens with one attached hydrogen (secondary N) is 1. The lowest BCUT2D eigenvalue weighted by molar-refractivity contribution is 0.0997. The lowest BCUT2D eigenvalue weighted by atomic mass is 10.2. The Kier molecular flexibility index (Phi) is 5.15. The molecule has 0 atom stereocenters. The molecule has 148 valence electrons. The van der Waals surface area contributed by atoms with E-state index >= 15 is 0 Å². The van der Waals surface area contributed by atoms with Crippen LogP contribution in [0, 0.1) is 0 Å².